The number of nitrogens with two attached hydrogens (primary N) is 1. The zero-order valence-corrected chi connectivity index (χ0v) is 9.37. The Bertz CT molecular complexity index is 426. The van der Waals surface area contributed by atoms with Crippen LogP contribution >= 0.6 is 0 Å². The van der Waals surface area contributed by atoms with Gasteiger partial charge in [0.25, 0.3) is 0 Å². The van der Waals surface area contributed by atoms with Gasteiger partial charge in [-0.15, -0.1) is 0 Å². The van der Waals surface area contributed by atoms with Gasteiger partial charge in [-0.25, -0.2) is 0 Å². The molecule has 0 aromatic heterocycles. The molecule has 1 aromatic rings. The third kappa shape index (κ3) is 1.27. The van der Waals surface area contributed by atoms with Gasteiger partial charge >= 0.3 is 0 Å². The van der Waals surface area contributed by atoms with Crippen molar-refractivity contribution in [1.29, 1.82) is 0 Å². The molecule has 2 N–H and O–H groups in total. The minimum absolute atomic E-state index is 0.0184. The van der Waals surface area contributed by atoms with Gasteiger partial charge < -0.3 is 10.6 Å². The predicted octanol–water partition coefficient (Wildman–Crippen LogP) is 1.67. The van der Waals surface area contributed by atoms with Crippen LogP contribution in [0.1, 0.15) is 29.7 Å². The maximum atomic E-state index is 11.9. The average molecular weight is 204 g/mol. The Morgan fingerprint density at radius 3 is 2.53 bits per heavy atom. The Kier molecular flexibility index (Phi) is 2.27. The molecule has 1 unspecified atom stereocenters. The van der Waals surface area contributed by atoms with Gasteiger partial charge in [0.05, 0.1) is 5.69 Å². The van der Waals surface area contributed by atoms with Crippen molar-refractivity contribution in [3.05, 3.63) is 28.8 Å². The van der Waals surface area contributed by atoms with E-state index < -0.39 is 6.04 Å². The first-order valence-electron chi connectivity index (χ1n) is 5.25. The Morgan fingerprint density at radius 2 is 1.93 bits per heavy atom. The van der Waals surface area contributed by atoms with E-state index in [9.17, 15) is 4.79 Å². The lowest BCUT2D eigenvalue weighted by molar-refractivity contribution is -0.119. The van der Waals surface area contributed by atoms with Gasteiger partial charge in [0.1, 0.15) is 6.04 Å². The summed E-state index contributed by atoms with van der Waals surface area (Å²) in [4.78, 5) is 13.7. The van der Waals surface area contributed by atoms with Crippen molar-refractivity contribution in [3.8, 4) is 0 Å². The maximum absolute atomic E-state index is 11.9. The van der Waals surface area contributed by atoms with Crippen molar-refractivity contribution in [3.63, 3.8) is 0 Å². The van der Waals surface area contributed by atoms with Crippen molar-refractivity contribution in [1.82, 2.24) is 0 Å². The van der Waals surface area contributed by atoms with Gasteiger partial charge in [-0.2, -0.15) is 0 Å². The second-order valence-electron chi connectivity index (χ2n) is 4.02. The molecule has 1 amide bonds. The highest BCUT2D eigenvalue weighted by Crippen LogP contribution is 2.38. The number of nitrogens with zero attached hydrogens (tertiary/aromatic N) is 1. The monoisotopic (exact) mass is 204 g/mol. The number of rotatable bonds is 1. The summed E-state index contributed by atoms with van der Waals surface area (Å²) >= 11 is 0. The normalized spacial score (nSPS) is 19.6. The predicted molar refractivity (Wildman–Crippen MR) is 60.9 cm³/mol. The summed E-state index contributed by atoms with van der Waals surface area (Å²) in [5.41, 5.74) is 10.2. The Balaban J connectivity index is 2.69. The molecule has 0 fully saturated rings. The van der Waals surface area contributed by atoms with Crippen LogP contribution in [0.5, 0.6) is 0 Å². The lowest BCUT2D eigenvalue weighted by atomic mass is 10.00. The van der Waals surface area contributed by atoms with Crippen molar-refractivity contribution in [2.75, 3.05) is 11.4 Å². The lowest BCUT2D eigenvalue weighted by Crippen LogP contribution is -2.31. The molecule has 3 heteroatoms. The zero-order chi connectivity index (χ0) is 11.2. The van der Waals surface area contributed by atoms with Crippen molar-refractivity contribution >= 4 is 11.6 Å². The van der Waals surface area contributed by atoms with Gasteiger partial charge in [-0.1, -0.05) is 12.1 Å². The lowest BCUT2D eigenvalue weighted by Gasteiger charge is -2.17. The smallest absolute Gasteiger partial charge is 0.248 e. The quantitative estimate of drug-likeness (QED) is 0.756. The molecule has 0 saturated carbocycles. The number of hydrogen-bond donors (Lipinski definition) is 1. The van der Waals surface area contributed by atoms with Crippen molar-refractivity contribution in [2.45, 2.75) is 26.8 Å². The van der Waals surface area contributed by atoms with E-state index in [1.165, 1.54) is 0 Å². The number of carbonyl (C=O) groups excluding carboxylic acids is 1. The molecule has 15 heavy (non-hydrogen) atoms. The average Bonchev–Trinajstić information content (AvgIpc) is 2.47. The topological polar surface area (TPSA) is 46.3 Å². The number of carbonyl (C=O) groups is 1. The summed E-state index contributed by atoms with van der Waals surface area (Å²) in [7, 11) is 0. The van der Waals surface area contributed by atoms with Crippen LogP contribution < -0.4 is 10.6 Å². The molecule has 2 rings (SSSR count). The largest absolute Gasteiger partial charge is 0.316 e. The number of amides is 1. The third-order valence-electron chi connectivity index (χ3n) is 3.07. The van der Waals surface area contributed by atoms with Crippen LogP contribution in [0, 0.1) is 13.8 Å². The van der Waals surface area contributed by atoms with Gasteiger partial charge in [-0.05, 0) is 31.9 Å². The summed E-state index contributed by atoms with van der Waals surface area (Å²) in [6.07, 6.45) is 0. The van der Waals surface area contributed by atoms with Gasteiger partial charge in [-0.3, -0.25) is 4.79 Å². The van der Waals surface area contributed by atoms with Gasteiger partial charge in [0.2, 0.25) is 5.91 Å². The minimum atomic E-state index is -0.472. The molecule has 0 radical (unpaired) electrons. The molecule has 0 bridgehead atoms. The van der Waals surface area contributed by atoms with E-state index in [0.717, 1.165) is 22.4 Å². The molecule has 1 aliphatic rings. The summed E-state index contributed by atoms with van der Waals surface area (Å²) in [5, 5.41) is 0. The van der Waals surface area contributed by atoms with Crippen LogP contribution in [0.2, 0.25) is 0 Å². The standard InChI is InChI=1S/C12H16N2O/c1-4-14-11-8(3)6-5-7(2)9(11)10(13)12(14)15/h5-6,10H,4,13H2,1-3H3. The summed E-state index contributed by atoms with van der Waals surface area (Å²) in [6, 6.07) is 3.60. The number of aryl methyl sites for hydroxylation is 2. The summed E-state index contributed by atoms with van der Waals surface area (Å²) in [6.45, 7) is 6.68. The van der Waals surface area contributed by atoms with Gasteiger partial charge in [0.15, 0.2) is 0 Å². The molecule has 3 nitrogen and oxygen atoms in total. The fraction of sp³-hybridized carbons (Fsp3) is 0.417. The van der Waals surface area contributed by atoms with Crippen LogP contribution in [0.3, 0.4) is 0 Å². The number of hydrogen-bond acceptors (Lipinski definition) is 2. The van der Waals surface area contributed by atoms with E-state index >= 15 is 0 Å². The highest BCUT2D eigenvalue weighted by molar-refractivity contribution is 6.05. The maximum Gasteiger partial charge on any atom is 0.248 e. The van der Waals surface area contributed by atoms with E-state index in [1.807, 2.05) is 32.9 Å². The van der Waals surface area contributed by atoms with E-state index in [-0.39, 0.29) is 5.91 Å². The molecule has 0 spiro atoms. The molecule has 1 aliphatic heterocycles. The van der Waals surface area contributed by atoms with E-state index in [2.05, 4.69) is 0 Å². The van der Waals surface area contributed by atoms with E-state index in [1.54, 1.807) is 4.90 Å². The first-order valence-corrected chi connectivity index (χ1v) is 5.25. The SMILES string of the molecule is CCN1C(=O)C(N)c2c(C)ccc(C)c21. The number of likely N-dealkylation sites (N-methyl/N-ethyl adjacent to an activating group) is 1. The van der Waals surface area contributed by atoms with Crippen LogP contribution in [0.4, 0.5) is 5.69 Å². The molecule has 0 aliphatic carbocycles. The van der Waals surface area contributed by atoms with Crippen LogP contribution in [-0.4, -0.2) is 12.5 Å². The van der Waals surface area contributed by atoms with Crippen molar-refractivity contribution in [2.24, 2.45) is 5.73 Å². The Labute approximate surface area is 89.9 Å². The zero-order valence-electron chi connectivity index (χ0n) is 9.37. The van der Waals surface area contributed by atoms with Crippen LogP contribution in [0.25, 0.3) is 0 Å². The fourth-order valence-corrected chi connectivity index (χ4v) is 2.28. The molecular weight excluding hydrogens is 188 g/mol. The number of anilines is 1. The second kappa shape index (κ2) is 3.35. The van der Waals surface area contributed by atoms with Crippen molar-refractivity contribution < 1.29 is 4.79 Å². The van der Waals surface area contributed by atoms with E-state index in [0.29, 0.717) is 6.54 Å². The summed E-state index contributed by atoms with van der Waals surface area (Å²) in [5.74, 6) is 0.0184. The highest BCUT2D eigenvalue weighted by atomic mass is 16.2. The second-order valence-corrected chi connectivity index (χ2v) is 4.02. The van der Waals surface area contributed by atoms with Crippen LogP contribution in [-0.2, 0) is 4.79 Å². The van der Waals surface area contributed by atoms with E-state index in [4.69, 9.17) is 5.73 Å². The summed E-state index contributed by atoms with van der Waals surface area (Å²) < 4.78 is 0. The fourth-order valence-electron chi connectivity index (χ4n) is 2.28. The first kappa shape index (κ1) is 10.2. The number of benzene rings is 1. The molecule has 0 saturated heterocycles. The third-order valence-corrected chi connectivity index (χ3v) is 3.07. The molecule has 1 aromatic carbocycles. The molecule has 80 valence electrons. The first-order chi connectivity index (χ1) is 7.07. The Hall–Kier alpha value is -1.35. The minimum Gasteiger partial charge on any atom is -0.316 e. The number of fused-ring (bicyclic) bond motifs is 1. The molecule has 1 heterocycles. The Morgan fingerprint density at radius 1 is 1.33 bits per heavy atom. The van der Waals surface area contributed by atoms with Crippen LogP contribution in [0.15, 0.2) is 12.1 Å². The van der Waals surface area contributed by atoms with Gasteiger partial charge in [0, 0.05) is 12.1 Å². The molecular formula is C12H16N2O. The molecule has 1 atom stereocenters. The highest BCUT2D eigenvalue weighted by Gasteiger charge is 2.35.